The van der Waals surface area contributed by atoms with Crippen molar-refractivity contribution in [1.29, 1.82) is 0 Å². The molecule has 1 aromatic rings. The summed E-state index contributed by atoms with van der Waals surface area (Å²) in [4.78, 5) is 8.34. The lowest BCUT2D eigenvalue weighted by atomic mass is 9.83. The van der Waals surface area contributed by atoms with Crippen LogP contribution in [0.4, 0.5) is 0 Å². The predicted molar refractivity (Wildman–Crippen MR) is 82.8 cm³/mol. The predicted octanol–water partition coefficient (Wildman–Crippen LogP) is 2.02. The summed E-state index contributed by atoms with van der Waals surface area (Å²) >= 11 is 0. The summed E-state index contributed by atoms with van der Waals surface area (Å²) in [5.41, 5.74) is 0.488. The number of hydrogen-bond donors (Lipinski definition) is 2. The molecule has 1 aliphatic carbocycles. The smallest absolute Gasteiger partial charge is 0.191 e. The first kappa shape index (κ1) is 14.9. The third-order valence-corrected chi connectivity index (χ3v) is 4.49. The molecule has 1 fully saturated rings. The summed E-state index contributed by atoms with van der Waals surface area (Å²) in [6.07, 6.45) is 12.3. The van der Waals surface area contributed by atoms with E-state index in [4.69, 9.17) is 0 Å². The van der Waals surface area contributed by atoms with Gasteiger partial charge in [-0.25, -0.2) is 4.98 Å². The molecule has 0 aromatic carbocycles. The van der Waals surface area contributed by atoms with E-state index in [9.17, 15) is 0 Å². The quantitative estimate of drug-likeness (QED) is 0.618. The van der Waals surface area contributed by atoms with Gasteiger partial charge in [-0.1, -0.05) is 19.8 Å². The largest absolute Gasteiger partial charge is 0.356 e. The maximum absolute atomic E-state index is 4.30. The highest BCUT2D eigenvalue weighted by Gasteiger charge is 2.31. The molecule has 1 saturated carbocycles. The zero-order valence-corrected chi connectivity index (χ0v) is 12.7. The first-order chi connectivity index (χ1) is 9.78. The van der Waals surface area contributed by atoms with Crippen LogP contribution in [0.25, 0.3) is 0 Å². The molecule has 0 aliphatic heterocycles. The van der Waals surface area contributed by atoms with Crippen LogP contribution >= 0.6 is 0 Å². The minimum Gasteiger partial charge on any atom is -0.356 e. The number of imidazole rings is 1. The van der Waals surface area contributed by atoms with Crippen LogP contribution in [0.5, 0.6) is 0 Å². The first-order valence-corrected chi connectivity index (χ1v) is 7.68. The molecule has 0 atom stereocenters. The van der Waals surface area contributed by atoms with Gasteiger partial charge in [0.1, 0.15) is 0 Å². The Hall–Kier alpha value is -1.52. The number of hydrogen-bond acceptors (Lipinski definition) is 2. The molecule has 0 bridgehead atoms. The van der Waals surface area contributed by atoms with Crippen LogP contribution in [0.2, 0.25) is 0 Å². The molecule has 0 amide bonds. The number of aliphatic imine (C=N–C) groups is 1. The van der Waals surface area contributed by atoms with Crippen LogP contribution in [0.15, 0.2) is 23.7 Å². The lowest BCUT2D eigenvalue weighted by molar-refractivity contribution is 0.283. The lowest BCUT2D eigenvalue weighted by Gasteiger charge is -2.28. The van der Waals surface area contributed by atoms with Crippen LogP contribution in [-0.2, 0) is 6.54 Å². The standard InChI is InChI=1S/C15H27N5/c1-3-15(6-4-5-7-15)12-19-14(16-2)18-9-11-20-10-8-17-13-20/h8,10,13H,3-7,9,11-12H2,1-2H3,(H2,16,18,19). The van der Waals surface area contributed by atoms with Crippen LogP contribution in [0, 0.1) is 5.41 Å². The first-order valence-electron chi connectivity index (χ1n) is 7.68. The molecule has 0 radical (unpaired) electrons. The van der Waals surface area contributed by atoms with Gasteiger partial charge >= 0.3 is 0 Å². The molecule has 20 heavy (non-hydrogen) atoms. The summed E-state index contributed by atoms with van der Waals surface area (Å²) in [7, 11) is 1.83. The number of guanidine groups is 1. The summed E-state index contributed by atoms with van der Waals surface area (Å²) in [6.45, 7) is 5.10. The summed E-state index contributed by atoms with van der Waals surface area (Å²) < 4.78 is 2.06. The van der Waals surface area contributed by atoms with Gasteiger partial charge in [0.25, 0.3) is 0 Å². The van der Waals surface area contributed by atoms with Crippen molar-refractivity contribution in [2.45, 2.75) is 45.6 Å². The van der Waals surface area contributed by atoms with Gasteiger partial charge in [-0.05, 0) is 24.7 Å². The average Bonchev–Trinajstić information content (AvgIpc) is 3.14. The van der Waals surface area contributed by atoms with E-state index >= 15 is 0 Å². The Morgan fingerprint density at radius 2 is 2.15 bits per heavy atom. The summed E-state index contributed by atoms with van der Waals surface area (Å²) in [5.74, 6) is 0.907. The Morgan fingerprint density at radius 1 is 1.35 bits per heavy atom. The maximum atomic E-state index is 4.30. The third-order valence-electron chi connectivity index (χ3n) is 4.49. The SMILES string of the molecule is CCC1(CNC(=NC)NCCn2ccnc2)CCCC1. The zero-order valence-electron chi connectivity index (χ0n) is 12.7. The van der Waals surface area contributed by atoms with E-state index < -0.39 is 0 Å². The van der Waals surface area contributed by atoms with Crippen molar-refractivity contribution in [3.63, 3.8) is 0 Å². The minimum atomic E-state index is 0.488. The second-order valence-corrected chi connectivity index (χ2v) is 5.71. The fourth-order valence-electron chi connectivity index (χ4n) is 2.99. The minimum absolute atomic E-state index is 0.488. The topological polar surface area (TPSA) is 54.2 Å². The summed E-state index contributed by atoms with van der Waals surface area (Å²) in [5, 5.41) is 6.86. The lowest BCUT2D eigenvalue weighted by Crippen LogP contribution is -2.43. The van der Waals surface area contributed by atoms with Gasteiger partial charge < -0.3 is 15.2 Å². The van der Waals surface area contributed by atoms with Gasteiger partial charge in [-0.3, -0.25) is 4.99 Å². The number of aromatic nitrogens is 2. The van der Waals surface area contributed by atoms with Gasteiger partial charge in [-0.15, -0.1) is 0 Å². The number of rotatable bonds is 6. The van der Waals surface area contributed by atoms with Gasteiger partial charge in [0.2, 0.25) is 0 Å². The molecule has 1 heterocycles. The molecule has 0 saturated heterocycles. The van der Waals surface area contributed by atoms with Gasteiger partial charge in [0.15, 0.2) is 5.96 Å². The van der Waals surface area contributed by atoms with Gasteiger partial charge in [-0.2, -0.15) is 0 Å². The monoisotopic (exact) mass is 277 g/mol. The van der Waals surface area contributed by atoms with Crippen molar-refractivity contribution in [1.82, 2.24) is 20.2 Å². The van der Waals surface area contributed by atoms with Crippen LogP contribution in [0.3, 0.4) is 0 Å². The van der Waals surface area contributed by atoms with Crippen molar-refractivity contribution in [2.75, 3.05) is 20.1 Å². The molecule has 2 rings (SSSR count). The van der Waals surface area contributed by atoms with Crippen molar-refractivity contribution >= 4 is 5.96 Å². The molecule has 1 aromatic heterocycles. The zero-order chi connectivity index (χ0) is 14.3. The Kier molecular flexibility index (Phi) is 5.44. The van der Waals surface area contributed by atoms with Crippen molar-refractivity contribution in [3.8, 4) is 0 Å². The fourth-order valence-corrected chi connectivity index (χ4v) is 2.99. The van der Waals surface area contributed by atoms with E-state index in [0.717, 1.165) is 25.6 Å². The molecule has 2 N–H and O–H groups in total. The Labute approximate surface area is 121 Å². The van der Waals surface area contributed by atoms with E-state index in [0.29, 0.717) is 5.41 Å². The van der Waals surface area contributed by atoms with Crippen molar-refractivity contribution in [2.24, 2.45) is 10.4 Å². The normalized spacial score (nSPS) is 18.2. The number of nitrogens with one attached hydrogen (secondary N) is 2. The van der Waals surface area contributed by atoms with E-state index in [-0.39, 0.29) is 0 Å². The molecular formula is C15H27N5. The second-order valence-electron chi connectivity index (χ2n) is 5.71. The molecule has 5 heteroatoms. The van der Waals surface area contributed by atoms with Crippen LogP contribution in [0.1, 0.15) is 39.0 Å². The van der Waals surface area contributed by atoms with E-state index in [2.05, 4.69) is 32.1 Å². The fraction of sp³-hybridized carbons (Fsp3) is 0.733. The molecule has 5 nitrogen and oxygen atoms in total. The maximum Gasteiger partial charge on any atom is 0.191 e. The van der Waals surface area contributed by atoms with Crippen molar-refractivity contribution in [3.05, 3.63) is 18.7 Å². The highest BCUT2D eigenvalue weighted by atomic mass is 15.2. The second kappa shape index (κ2) is 7.31. The average molecular weight is 277 g/mol. The molecule has 0 unspecified atom stereocenters. The third kappa shape index (κ3) is 3.99. The number of nitrogens with zero attached hydrogens (tertiary/aromatic N) is 3. The van der Waals surface area contributed by atoms with E-state index in [1.807, 2.05) is 19.6 Å². The van der Waals surface area contributed by atoms with Crippen LogP contribution < -0.4 is 10.6 Å². The molecule has 1 aliphatic rings. The highest BCUT2D eigenvalue weighted by molar-refractivity contribution is 5.79. The summed E-state index contributed by atoms with van der Waals surface area (Å²) in [6, 6.07) is 0. The highest BCUT2D eigenvalue weighted by Crippen LogP contribution is 2.40. The van der Waals surface area contributed by atoms with E-state index in [1.165, 1.54) is 32.1 Å². The van der Waals surface area contributed by atoms with Gasteiger partial charge in [0, 0.05) is 39.1 Å². The Balaban J connectivity index is 1.72. The Bertz CT molecular complexity index is 404. The molecule has 0 spiro atoms. The van der Waals surface area contributed by atoms with Crippen molar-refractivity contribution < 1.29 is 0 Å². The Morgan fingerprint density at radius 3 is 2.75 bits per heavy atom. The van der Waals surface area contributed by atoms with E-state index in [1.54, 1.807) is 6.20 Å². The molecule has 112 valence electrons. The van der Waals surface area contributed by atoms with Crippen LogP contribution in [-0.4, -0.2) is 35.6 Å². The molecular weight excluding hydrogens is 250 g/mol. The van der Waals surface area contributed by atoms with Gasteiger partial charge in [0.05, 0.1) is 6.33 Å².